The minimum Gasteiger partial charge on any atom is -0.469 e. The van der Waals surface area contributed by atoms with Crippen LogP contribution in [-0.2, 0) is 16.0 Å². The Morgan fingerprint density at radius 2 is 1.88 bits per heavy atom. The van der Waals surface area contributed by atoms with Crippen LogP contribution in [0.15, 0.2) is 54.9 Å². The topological polar surface area (TPSA) is 63.0 Å². The average molecular weight is 344 g/mol. The number of aromatic nitrogens is 1. The van der Waals surface area contributed by atoms with Crippen LogP contribution >= 0.6 is 0 Å². The summed E-state index contributed by atoms with van der Waals surface area (Å²) in [5.41, 5.74) is 3.11. The molecule has 3 aromatic rings. The van der Waals surface area contributed by atoms with Gasteiger partial charge in [-0.25, -0.2) is 0 Å². The number of ether oxygens (including phenoxy) is 1. The lowest BCUT2D eigenvalue weighted by molar-refractivity contribution is -0.150. The molecule has 0 saturated carbocycles. The first-order chi connectivity index (χ1) is 12.4. The maximum Gasteiger partial charge on any atom is 0.311 e. The number of pyridine rings is 1. The Morgan fingerprint density at radius 3 is 2.54 bits per heavy atom. The summed E-state index contributed by atoms with van der Waals surface area (Å²) in [5, 5.41) is 11.1. The summed E-state index contributed by atoms with van der Waals surface area (Å²) >= 11 is 0. The molecule has 4 heteroatoms. The number of fused-ring (bicyclic) bond motifs is 1. The molecule has 0 bridgehead atoms. The van der Waals surface area contributed by atoms with Crippen molar-refractivity contribution in [2.24, 2.45) is 5.41 Å². The van der Waals surface area contributed by atoms with Gasteiger partial charge in [-0.15, -0.1) is 0 Å². The number of rotatable bonds is 4. The van der Waals surface area contributed by atoms with Crippen molar-refractivity contribution in [2.75, 3.05) is 7.11 Å². The van der Waals surface area contributed by atoms with Crippen LogP contribution in [0.2, 0.25) is 0 Å². The molecule has 26 heavy (non-hydrogen) atoms. The molecule has 0 aliphatic carbocycles. The van der Waals surface area contributed by atoms with E-state index in [1.807, 2.05) is 50.5 Å². The van der Waals surface area contributed by atoms with E-state index in [9.17, 15) is 4.79 Å². The summed E-state index contributed by atoms with van der Waals surface area (Å²) < 4.78 is 4.91. The zero-order valence-electron chi connectivity index (χ0n) is 15.1. The van der Waals surface area contributed by atoms with Gasteiger partial charge in [-0.05, 0) is 48.9 Å². The lowest BCUT2D eigenvalue weighted by Gasteiger charge is -2.21. The van der Waals surface area contributed by atoms with E-state index in [2.05, 4.69) is 17.1 Å². The van der Waals surface area contributed by atoms with Crippen molar-refractivity contribution < 1.29 is 9.53 Å². The van der Waals surface area contributed by atoms with Crippen molar-refractivity contribution in [1.29, 1.82) is 5.26 Å². The second kappa shape index (κ2) is 6.97. The molecule has 0 spiro atoms. The Bertz CT molecular complexity index is 999. The van der Waals surface area contributed by atoms with Gasteiger partial charge in [-0.1, -0.05) is 30.3 Å². The van der Waals surface area contributed by atoms with Gasteiger partial charge in [0.15, 0.2) is 0 Å². The van der Waals surface area contributed by atoms with Gasteiger partial charge < -0.3 is 4.74 Å². The van der Waals surface area contributed by atoms with Crippen LogP contribution in [0.25, 0.3) is 21.9 Å². The van der Waals surface area contributed by atoms with Gasteiger partial charge in [0.2, 0.25) is 0 Å². The van der Waals surface area contributed by atoms with Crippen LogP contribution in [-0.4, -0.2) is 18.1 Å². The van der Waals surface area contributed by atoms with E-state index >= 15 is 0 Å². The molecule has 4 nitrogen and oxygen atoms in total. The zero-order chi connectivity index (χ0) is 18.7. The Balaban J connectivity index is 2.05. The average Bonchev–Trinajstić information content (AvgIpc) is 2.66. The van der Waals surface area contributed by atoms with Crippen LogP contribution < -0.4 is 0 Å². The molecule has 0 aliphatic heterocycles. The van der Waals surface area contributed by atoms with E-state index < -0.39 is 5.41 Å². The SMILES string of the molecule is COC(=O)C(C)(C)Cc1ccc2cncc(-c3ccc(C#N)cc3)c2c1. The zero-order valence-corrected chi connectivity index (χ0v) is 15.1. The van der Waals surface area contributed by atoms with Gasteiger partial charge >= 0.3 is 5.97 Å². The van der Waals surface area contributed by atoms with E-state index in [4.69, 9.17) is 10.00 Å². The third-order valence-corrected chi connectivity index (χ3v) is 4.53. The first-order valence-electron chi connectivity index (χ1n) is 8.40. The number of nitrogens with zero attached hydrogens (tertiary/aromatic N) is 2. The van der Waals surface area contributed by atoms with Crippen LogP contribution in [0.1, 0.15) is 25.0 Å². The fraction of sp³-hybridized carbons (Fsp3) is 0.227. The largest absolute Gasteiger partial charge is 0.469 e. The van der Waals surface area contributed by atoms with Crippen molar-refractivity contribution in [3.63, 3.8) is 0 Å². The van der Waals surface area contributed by atoms with Gasteiger partial charge in [0, 0.05) is 23.3 Å². The molecule has 130 valence electrons. The standard InChI is InChI=1S/C22H20N2O2/c1-22(2,21(25)26-3)11-16-6-9-18-13-24-14-20(19(18)10-16)17-7-4-15(12-23)5-8-17/h4-10,13-14H,11H2,1-3H3. The monoisotopic (exact) mass is 344 g/mol. The number of hydrogen-bond acceptors (Lipinski definition) is 4. The minimum absolute atomic E-state index is 0.223. The fourth-order valence-corrected chi connectivity index (χ4v) is 3.13. The maximum atomic E-state index is 12.0. The number of carbonyl (C=O) groups excluding carboxylic acids is 1. The Hall–Kier alpha value is -3.19. The van der Waals surface area contributed by atoms with Crippen LogP contribution in [0.3, 0.4) is 0 Å². The molecule has 0 N–H and O–H groups in total. The van der Waals surface area contributed by atoms with E-state index in [-0.39, 0.29) is 5.97 Å². The van der Waals surface area contributed by atoms with Gasteiger partial charge in [0.1, 0.15) is 0 Å². The summed E-state index contributed by atoms with van der Waals surface area (Å²) in [6.45, 7) is 3.77. The number of hydrogen-bond donors (Lipinski definition) is 0. The van der Waals surface area contributed by atoms with Crippen LogP contribution in [0.5, 0.6) is 0 Å². The summed E-state index contributed by atoms with van der Waals surface area (Å²) in [6, 6.07) is 15.8. The maximum absolute atomic E-state index is 12.0. The Kier molecular flexibility index (Phi) is 4.73. The summed E-state index contributed by atoms with van der Waals surface area (Å²) in [6.07, 6.45) is 4.25. The number of carbonyl (C=O) groups is 1. The molecule has 1 heterocycles. The third-order valence-electron chi connectivity index (χ3n) is 4.53. The van der Waals surface area contributed by atoms with E-state index in [0.717, 1.165) is 27.5 Å². The molecule has 1 aromatic heterocycles. The summed E-state index contributed by atoms with van der Waals surface area (Å²) in [4.78, 5) is 16.3. The fourth-order valence-electron chi connectivity index (χ4n) is 3.13. The quantitative estimate of drug-likeness (QED) is 0.653. The minimum atomic E-state index is -0.593. The first-order valence-corrected chi connectivity index (χ1v) is 8.40. The third kappa shape index (κ3) is 3.43. The lowest BCUT2D eigenvalue weighted by Crippen LogP contribution is -2.27. The molecule has 0 amide bonds. The highest BCUT2D eigenvalue weighted by atomic mass is 16.5. The van der Waals surface area contributed by atoms with Crippen molar-refractivity contribution >= 4 is 16.7 Å². The molecule has 2 aromatic carbocycles. The molecule has 0 aliphatic rings. The molecule has 0 unspecified atom stereocenters. The van der Waals surface area contributed by atoms with Crippen molar-refractivity contribution in [2.45, 2.75) is 20.3 Å². The highest BCUT2D eigenvalue weighted by Gasteiger charge is 2.29. The van der Waals surface area contributed by atoms with Crippen molar-refractivity contribution in [3.05, 3.63) is 66.0 Å². The van der Waals surface area contributed by atoms with E-state index in [1.165, 1.54) is 7.11 Å². The molecular formula is C22H20N2O2. The number of esters is 1. The Labute approximate surface area is 153 Å². The van der Waals surface area contributed by atoms with Gasteiger partial charge in [-0.2, -0.15) is 5.26 Å². The molecule has 3 rings (SSSR count). The molecule has 0 saturated heterocycles. The van der Waals surface area contributed by atoms with Crippen LogP contribution in [0, 0.1) is 16.7 Å². The highest BCUT2D eigenvalue weighted by Crippen LogP contribution is 2.31. The van der Waals surface area contributed by atoms with E-state index in [1.54, 1.807) is 12.1 Å². The smallest absolute Gasteiger partial charge is 0.311 e. The highest BCUT2D eigenvalue weighted by molar-refractivity contribution is 5.96. The number of methoxy groups -OCH3 is 1. The molecule has 0 atom stereocenters. The lowest BCUT2D eigenvalue weighted by atomic mass is 9.85. The van der Waals surface area contributed by atoms with Gasteiger partial charge in [0.05, 0.1) is 24.2 Å². The second-order valence-electron chi connectivity index (χ2n) is 6.98. The summed E-state index contributed by atoms with van der Waals surface area (Å²) in [5.74, 6) is -0.223. The number of benzene rings is 2. The van der Waals surface area contributed by atoms with E-state index in [0.29, 0.717) is 12.0 Å². The predicted octanol–water partition coefficient (Wildman–Crippen LogP) is 4.52. The normalized spacial score (nSPS) is 11.2. The number of nitriles is 1. The van der Waals surface area contributed by atoms with Gasteiger partial charge in [0.25, 0.3) is 0 Å². The molecular weight excluding hydrogens is 324 g/mol. The molecule has 0 fully saturated rings. The predicted molar refractivity (Wildman–Crippen MR) is 101 cm³/mol. The Morgan fingerprint density at radius 1 is 1.15 bits per heavy atom. The van der Waals surface area contributed by atoms with Crippen molar-refractivity contribution in [1.82, 2.24) is 4.98 Å². The summed E-state index contributed by atoms with van der Waals surface area (Å²) in [7, 11) is 1.42. The second-order valence-corrected chi connectivity index (χ2v) is 6.98. The molecule has 0 radical (unpaired) electrons. The van der Waals surface area contributed by atoms with Gasteiger partial charge in [-0.3, -0.25) is 9.78 Å². The van der Waals surface area contributed by atoms with Crippen molar-refractivity contribution in [3.8, 4) is 17.2 Å². The van der Waals surface area contributed by atoms with Crippen LogP contribution in [0.4, 0.5) is 0 Å². The first kappa shape index (κ1) is 17.6.